The zero-order valence-electron chi connectivity index (χ0n) is 19.9. The molecule has 1 rings (SSSR count). The molecular formula is C18H30N3O9S6+3. The Kier molecular flexibility index (Phi) is 17.4. The Morgan fingerprint density at radius 2 is 0.833 bits per heavy atom. The third-order valence-corrected chi connectivity index (χ3v) is 10.1. The van der Waals surface area contributed by atoms with E-state index < -0.39 is 17.1 Å². The molecule has 0 aliphatic heterocycles. The van der Waals surface area contributed by atoms with Crippen LogP contribution in [0.4, 0.5) is 0 Å². The van der Waals surface area contributed by atoms with Gasteiger partial charge in [0.2, 0.25) is 19.8 Å². The van der Waals surface area contributed by atoms with Crippen molar-refractivity contribution in [3.63, 3.8) is 0 Å². The summed E-state index contributed by atoms with van der Waals surface area (Å²) in [7, 11) is 7.11. The fourth-order valence-electron chi connectivity index (χ4n) is 2.33. The molecular weight excluding hydrogens is 595 g/mol. The normalized spacial score (nSPS) is 10.8. The van der Waals surface area contributed by atoms with Gasteiger partial charge in [0, 0.05) is 17.3 Å². The van der Waals surface area contributed by atoms with Crippen LogP contribution >= 0.6 is 64.8 Å². The van der Waals surface area contributed by atoms with Crippen molar-refractivity contribution in [2.24, 2.45) is 0 Å². The van der Waals surface area contributed by atoms with E-state index in [4.69, 9.17) is 14.2 Å². The Hall–Kier alpha value is -1.08. The second-order valence-corrected chi connectivity index (χ2v) is 13.7. The van der Waals surface area contributed by atoms with Crippen molar-refractivity contribution in [2.45, 2.75) is 40.4 Å². The van der Waals surface area contributed by atoms with Crippen LogP contribution < -0.4 is 17.1 Å². The number of rotatable bonds is 15. The molecule has 0 fully saturated rings. The van der Waals surface area contributed by atoms with E-state index in [1.165, 1.54) is 32.4 Å². The average molecular weight is 625 g/mol. The molecule has 1 aromatic rings. The summed E-state index contributed by atoms with van der Waals surface area (Å²) in [5.74, 6) is 2.22. The average Bonchev–Trinajstić information content (AvgIpc) is 2.86. The van der Waals surface area contributed by atoms with E-state index >= 15 is 0 Å². The van der Waals surface area contributed by atoms with Gasteiger partial charge in [-0.15, -0.1) is 0 Å². The van der Waals surface area contributed by atoms with Gasteiger partial charge in [0.25, 0.3) is 0 Å². The molecule has 0 radical (unpaired) electrons. The quantitative estimate of drug-likeness (QED) is 0.121. The molecule has 12 nitrogen and oxygen atoms in total. The third-order valence-electron chi connectivity index (χ3n) is 3.75. The first-order chi connectivity index (χ1) is 17.3. The monoisotopic (exact) mass is 624 g/mol. The van der Waals surface area contributed by atoms with Gasteiger partial charge < -0.3 is 28.6 Å². The molecule has 0 atom stereocenters. The first-order valence-corrected chi connectivity index (χ1v) is 17.6. The maximum absolute atomic E-state index is 12.9. The van der Waals surface area contributed by atoms with Crippen LogP contribution in [-0.2, 0) is 33.8 Å². The van der Waals surface area contributed by atoms with Crippen molar-refractivity contribution >= 4 is 80.7 Å². The summed E-state index contributed by atoms with van der Waals surface area (Å²) in [6.45, 7) is 4.43. The van der Waals surface area contributed by atoms with Crippen molar-refractivity contribution in [1.29, 1.82) is 0 Å². The van der Waals surface area contributed by atoms with Crippen molar-refractivity contribution in [2.75, 3.05) is 37.1 Å². The van der Waals surface area contributed by atoms with Gasteiger partial charge in [0.05, 0.1) is 52.0 Å². The Labute approximate surface area is 230 Å². The summed E-state index contributed by atoms with van der Waals surface area (Å²) in [4.78, 5) is 67.9. The summed E-state index contributed by atoms with van der Waals surface area (Å²) in [6, 6.07) is 0. The van der Waals surface area contributed by atoms with E-state index in [1.54, 1.807) is 0 Å². The Morgan fingerprint density at radius 1 is 0.583 bits per heavy atom. The summed E-state index contributed by atoms with van der Waals surface area (Å²) in [5.41, 5.74) is -2.66. The van der Waals surface area contributed by atoms with Crippen molar-refractivity contribution < 1.29 is 28.6 Å². The molecule has 0 aromatic carbocycles. The van der Waals surface area contributed by atoms with Crippen LogP contribution in [0.5, 0.6) is 0 Å². The smallest absolute Gasteiger partial charge is 0.329 e. The van der Waals surface area contributed by atoms with Gasteiger partial charge in [-0.25, -0.2) is 28.1 Å². The number of ether oxygens (including phenoxy) is 3. The minimum atomic E-state index is -0.885. The maximum atomic E-state index is 12.9. The Bertz CT molecular complexity index is 884. The number of hydrogen-bond acceptors (Lipinski definition) is 12. The molecule has 0 saturated carbocycles. The highest BCUT2D eigenvalue weighted by Crippen LogP contribution is 2.22. The molecule has 18 heteroatoms. The lowest BCUT2D eigenvalue weighted by Gasteiger charge is -2.11. The second kappa shape index (κ2) is 19.1. The molecule has 1 aromatic heterocycles. The number of nitrogens with zero attached hydrogens (tertiary/aromatic N) is 3. The number of hydrogen-bond donors (Lipinski definition) is 0. The van der Waals surface area contributed by atoms with Gasteiger partial charge >= 0.3 is 33.0 Å². The van der Waals surface area contributed by atoms with Crippen molar-refractivity contribution in [3.8, 4) is 0 Å². The topological polar surface area (TPSA) is 158 Å². The fourth-order valence-corrected chi connectivity index (χ4v) is 5.78. The largest absolute Gasteiger partial charge is 0.561 e. The van der Waals surface area contributed by atoms with Crippen LogP contribution in [0, 0.1) is 0 Å². The molecule has 204 valence electrons. The first-order valence-electron chi connectivity index (χ1n) is 10.7. The lowest BCUT2D eigenvalue weighted by molar-refractivity contribution is 0.237. The highest BCUT2D eigenvalue weighted by Gasteiger charge is 2.21. The van der Waals surface area contributed by atoms with Gasteiger partial charge in [0.1, 0.15) is 0 Å². The van der Waals surface area contributed by atoms with Crippen LogP contribution in [0.25, 0.3) is 0 Å². The Balaban J connectivity index is 3.07. The van der Waals surface area contributed by atoms with E-state index in [2.05, 4.69) is 0 Å². The highest BCUT2D eigenvalue weighted by molar-refractivity contribution is 8.82. The molecule has 0 bridgehead atoms. The van der Waals surface area contributed by atoms with Crippen LogP contribution in [0.2, 0.25) is 0 Å². The van der Waals surface area contributed by atoms with Crippen LogP contribution in [-0.4, -0.2) is 81.1 Å². The van der Waals surface area contributed by atoms with E-state index in [0.717, 1.165) is 63.3 Å². The zero-order valence-corrected chi connectivity index (χ0v) is 24.8. The Morgan fingerprint density at radius 3 is 1.06 bits per heavy atom. The fraction of sp³-hybridized carbons (Fsp3) is 0.667. The predicted octanol–water partition coefficient (Wildman–Crippen LogP) is 1.81. The van der Waals surface area contributed by atoms with E-state index in [9.17, 15) is 28.8 Å². The van der Waals surface area contributed by atoms with Gasteiger partial charge in [-0.1, -0.05) is 53.2 Å². The van der Waals surface area contributed by atoms with Crippen molar-refractivity contribution in [3.05, 3.63) is 31.5 Å². The van der Waals surface area contributed by atoms with E-state index in [1.807, 2.05) is 20.8 Å². The van der Waals surface area contributed by atoms with Crippen LogP contribution in [0.1, 0.15) is 20.8 Å². The minimum Gasteiger partial charge on any atom is -0.329 e. The standard InChI is InChI=1S/C18H27N3O9S6/c1-4-31-34-16(25)28-10-7-19-13(22)20(8-11-29-17(26)35-32-5-2)15(24)21(14(19)23)9-12-30-18(27)36-33-6-3/h4-12H2,1-3H3/p+3. The molecule has 0 unspecified atom stereocenters. The summed E-state index contributed by atoms with van der Waals surface area (Å²) >= 11 is 0. The van der Waals surface area contributed by atoms with Crippen LogP contribution in [0.15, 0.2) is 14.4 Å². The highest BCUT2D eigenvalue weighted by atomic mass is 33.1. The van der Waals surface area contributed by atoms with Gasteiger partial charge in [-0.3, -0.25) is 0 Å². The molecule has 36 heavy (non-hydrogen) atoms. The number of carbonyl (C=O) groups excluding carboxylic acids is 3. The molecule has 0 aliphatic rings. The summed E-state index contributed by atoms with van der Waals surface area (Å²) < 4.78 is 17.9. The van der Waals surface area contributed by atoms with E-state index in [-0.39, 0.29) is 55.4 Å². The molecule has 0 aliphatic carbocycles. The SMILES string of the molecule is CCSSC(=[OH+])OCCn1c(=O)n(CCOC(=[OH+])SSCC)c(=O)n(CCOC(=[OH+])SSCC)c1=O. The molecule has 0 amide bonds. The predicted molar refractivity (Wildman–Crippen MR) is 155 cm³/mol. The van der Waals surface area contributed by atoms with Gasteiger partial charge in [0.15, 0.2) is 0 Å². The molecule has 1 heterocycles. The molecule has 0 saturated heterocycles. The van der Waals surface area contributed by atoms with Gasteiger partial charge in [-0.2, -0.15) is 0 Å². The molecule has 3 N–H and O–H groups in total. The maximum Gasteiger partial charge on any atom is 0.561 e. The number of aromatic nitrogens is 3. The van der Waals surface area contributed by atoms with Crippen molar-refractivity contribution in [1.82, 2.24) is 13.7 Å². The lowest BCUT2D eigenvalue weighted by atomic mass is 10.6. The second-order valence-electron chi connectivity index (χ2n) is 6.12. The molecule has 0 spiro atoms. The van der Waals surface area contributed by atoms with Crippen LogP contribution in [0.3, 0.4) is 0 Å². The first kappa shape index (κ1) is 32.9. The lowest BCUT2D eigenvalue weighted by Crippen LogP contribution is -2.55. The zero-order chi connectivity index (χ0) is 26.9. The van der Waals surface area contributed by atoms with Gasteiger partial charge in [-0.05, 0) is 0 Å². The third kappa shape index (κ3) is 12.0. The summed E-state index contributed by atoms with van der Waals surface area (Å²) in [5, 5.41) is -0.938. The summed E-state index contributed by atoms with van der Waals surface area (Å²) in [6.07, 6.45) is 0. The minimum absolute atomic E-state index is 0.192. The van der Waals surface area contributed by atoms with E-state index in [0.29, 0.717) is 0 Å².